The molecule has 0 saturated carbocycles. The van der Waals surface area contributed by atoms with Crippen LogP contribution in [0.15, 0.2) is 170 Å². The van der Waals surface area contributed by atoms with Crippen LogP contribution in [0, 0.1) is 0 Å². The molecule has 0 aliphatic heterocycles. The summed E-state index contributed by atoms with van der Waals surface area (Å²) in [6.45, 7) is 0. The van der Waals surface area contributed by atoms with Crippen molar-refractivity contribution >= 4 is 0 Å². The normalized spacial score (nSPS) is 11.0. The van der Waals surface area contributed by atoms with Gasteiger partial charge in [0.1, 0.15) is 0 Å². The lowest BCUT2D eigenvalue weighted by Gasteiger charge is -2.17. The third-order valence-electron chi connectivity index (χ3n) is 8.04. The van der Waals surface area contributed by atoms with Crippen LogP contribution in [0.25, 0.3) is 68.1 Å². The van der Waals surface area contributed by atoms with Gasteiger partial charge >= 0.3 is 0 Å². The molecule has 0 aliphatic carbocycles. The van der Waals surface area contributed by atoms with Crippen molar-refractivity contribution in [1.29, 1.82) is 0 Å². The van der Waals surface area contributed by atoms with Gasteiger partial charge in [0.15, 0.2) is 23.3 Å². The minimum atomic E-state index is 0.755. The molecule has 0 N–H and O–H groups in total. The van der Waals surface area contributed by atoms with E-state index in [1.165, 1.54) is 0 Å². The van der Waals surface area contributed by atoms with Gasteiger partial charge < -0.3 is 0 Å². The zero-order valence-corrected chi connectivity index (χ0v) is 24.8. The quantitative estimate of drug-likeness (QED) is 0.185. The van der Waals surface area contributed by atoms with Crippen molar-refractivity contribution in [3.63, 3.8) is 0 Å². The molecule has 0 saturated heterocycles. The first-order valence-electron chi connectivity index (χ1n) is 15.2. The lowest BCUT2D eigenvalue weighted by molar-refractivity contribution is 1.07. The summed E-state index contributed by atoms with van der Waals surface area (Å²) in [5.74, 6) is 3.07. The Labute approximate surface area is 266 Å². The molecule has 0 amide bonds. The van der Waals surface area contributed by atoms with Gasteiger partial charge in [0, 0.05) is 33.6 Å². The molecule has 0 unspecified atom stereocenters. The van der Waals surface area contributed by atoms with Crippen molar-refractivity contribution in [1.82, 2.24) is 29.5 Å². The van der Waals surface area contributed by atoms with E-state index in [1.54, 1.807) is 0 Å². The third kappa shape index (κ3) is 4.88. The van der Waals surface area contributed by atoms with E-state index in [1.807, 2.05) is 84.9 Å². The van der Waals surface area contributed by atoms with Crippen LogP contribution in [0.5, 0.6) is 0 Å². The second-order valence-corrected chi connectivity index (χ2v) is 10.9. The molecule has 46 heavy (non-hydrogen) atoms. The van der Waals surface area contributed by atoms with Crippen LogP contribution in [-0.2, 0) is 0 Å². The average Bonchev–Trinajstić information content (AvgIpc) is 3.79. The molecule has 8 rings (SSSR count). The third-order valence-corrected chi connectivity index (χ3v) is 8.04. The van der Waals surface area contributed by atoms with Crippen LogP contribution in [0.3, 0.4) is 0 Å². The average molecular weight is 593 g/mol. The fraction of sp³-hybridized carbons (Fsp3) is 0. The van der Waals surface area contributed by atoms with E-state index in [4.69, 9.17) is 20.4 Å². The lowest BCUT2D eigenvalue weighted by atomic mass is 9.94. The topological polar surface area (TPSA) is 61.4 Å². The Hall–Kier alpha value is -6.40. The minimum absolute atomic E-state index is 0.755. The second kappa shape index (κ2) is 11.9. The molecule has 2 heterocycles. The van der Waals surface area contributed by atoms with Crippen molar-refractivity contribution in [3.05, 3.63) is 170 Å². The SMILES string of the molecule is c1ccc(-c2nnc(-c3ccccc3-c3ccccc3-c3nnc(-c4ccccc4)n3-c3ccccc3)n2-c2ccccc2)cc1. The van der Waals surface area contributed by atoms with Gasteiger partial charge in [0.25, 0.3) is 0 Å². The Morgan fingerprint density at radius 1 is 0.261 bits per heavy atom. The highest BCUT2D eigenvalue weighted by Gasteiger charge is 2.23. The molecule has 0 atom stereocenters. The van der Waals surface area contributed by atoms with Gasteiger partial charge in [-0.1, -0.05) is 146 Å². The number of para-hydroxylation sites is 2. The summed E-state index contributed by atoms with van der Waals surface area (Å²) in [6.07, 6.45) is 0. The number of benzene rings is 6. The summed E-state index contributed by atoms with van der Waals surface area (Å²) in [6, 6.07) is 57.6. The molecular weight excluding hydrogens is 564 g/mol. The van der Waals surface area contributed by atoms with E-state index in [0.717, 1.165) is 68.1 Å². The predicted octanol–water partition coefficient (Wildman–Crippen LogP) is 9.18. The van der Waals surface area contributed by atoms with Gasteiger partial charge in [-0.3, -0.25) is 9.13 Å². The Bertz CT molecular complexity index is 2080. The summed E-state index contributed by atoms with van der Waals surface area (Å²) in [5, 5.41) is 19.1. The van der Waals surface area contributed by atoms with E-state index in [0.29, 0.717) is 0 Å². The fourth-order valence-electron chi connectivity index (χ4n) is 5.93. The summed E-state index contributed by atoms with van der Waals surface area (Å²) in [5.41, 5.74) is 7.92. The van der Waals surface area contributed by atoms with Crippen LogP contribution >= 0.6 is 0 Å². The highest BCUT2D eigenvalue weighted by atomic mass is 15.3. The largest absolute Gasteiger partial charge is 0.275 e. The van der Waals surface area contributed by atoms with E-state index >= 15 is 0 Å². The number of hydrogen-bond donors (Lipinski definition) is 0. The molecular formula is C40H28N6. The molecule has 0 fully saturated rings. The Kier molecular flexibility index (Phi) is 7.05. The molecule has 6 nitrogen and oxygen atoms in total. The number of aromatic nitrogens is 6. The van der Waals surface area contributed by atoms with Crippen molar-refractivity contribution in [2.24, 2.45) is 0 Å². The molecule has 6 heteroatoms. The first kappa shape index (κ1) is 27.2. The summed E-state index contributed by atoms with van der Waals surface area (Å²) < 4.78 is 4.27. The van der Waals surface area contributed by atoms with Crippen LogP contribution in [0.2, 0.25) is 0 Å². The van der Waals surface area contributed by atoms with E-state index in [2.05, 4.69) is 94.1 Å². The van der Waals surface area contributed by atoms with Gasteiger partial charge in [0.05, 0.1) is 0 Å². The van der Waals surface area contributed by atoms with Crippen LogP contribution in [0.1, 0.15) is 0 Å². The maximum Gasteiger partial charge on any atom is 0.169 e. The molecule has 0 radical (unpaired) electrons. The van der Waals surface area contributed by atoms with Crippen LogP contribution in [-0.4, -0.2) is 29.5 Å². The maximum atomic E-state index is 4.82. The Morgan fingerprint density at radius 3 is 0.913 bits per heavy atom. The molecule has 2 aromatic heterocycles. The van der Waals surface area contributed by atoms with Gasteiger partial charge in [-0.05, 0) is 35.4 Å². The lowest BCUT2D eigenvalue weighted by Crippen LogP contribution is -2.02. The van der Waals surface area contributed by atoms with Gasteiger partial charge in [-0.15, -0.1) is 20.4 Å². The van der Waals surface area contributed by atoms with Crippen LogP contribution in [0.4, 0.5) is 0 Å². The van der Waals surface area contributed by atoms with Gasteiger partial charge in [-0.2, -0.15) is 0 Å². The minimum Gasteiger partial charge on any atom is -0.275 e. The standard InChI is InChI=1S/C40H28N6/c1-5-17-29(18-6-1)37-41-43-39(45(37)31-21-9-3-10-22-31)35-27-15-13-25-33(35)34-26-14-16-28-36(34)40-44-42-38(30-19-7-2-8-20-30)46(40)32-23-11-4-12-24-32/h1-28H. The van der Waals surface area contributed by atoms with Crippen LogP contribution < -0.4 is 0 Å². The molecule has 0 aliphatic rings. The highest BCUT2D eigenvalue weighted by Crippen LogP contribution is 2.40. The van der Waals surface area contributed by atoms with Gasteiger partial charge in [0.2, 0.25) is 0 Å². The summed E-state index contributed by atoms with van der Waals surface area (Å²) in [4.78, 5) is 0. The monoisotopic (exact) mass is 592 g/mol. The van der Waals surface area contributed by atoms with Crippen molar-refractivity contribution in [2.45, 2.75) is 0 Å². The van der Waals surface area contributed by atoms with Crippen molar-refractivity contribution in [2.75, 3.05) is 0 Å². The number of rotatable bonds is 7. The second-order valence-electron chi connectivity index (χ2n) is 10.9. The zero-order valence-electron chi connectivity index (χ0n) is 24.8. The van der Waals surface area contributed by atoms with Crippen molar-refractivity contribution in [3.8, 4) is 68.1 Å². The van der Waals surface area contributed by atoms with E-state index < -0.39 is 0 Å². The Morgan fingerprint density at radius 2 is 0.543 bits per heavy atom. The fourth-order valence-corrected chi connectivity index (χ4v) is 5.93. The number of nitrogens with zero attached hydrogens (tertiary/aromatic N) is 6. The van der Waals surface area contributed by atoms with E-state index in [-0.39, 0.29) is 0 Å². The molecule has 6 aromatic carbocycles. The van der Waals surface area contributed by atoms with E-state index in [9.17, 15) is 0 Å². The maximum absolute atomic E-state index is 4.82. The first-order chi connectivity index (χ1) is 22.9. The molecule has 8 aromatic rings. The van der Waals surface area contributed by atoms with Gasteiger partial charge in [-0.25, -0.2) is 0 Å². The number of hydrogen-bond acceptors (Lipinski definition) is 4. The molecule has 0 spiro atoms. The predicted molar refractivity (Wildman–Crippen MR) is 183 cm³/mol. The Balaban J connectivity index is 1.35. The summed E-state index contributed by atoms with van der Waals surface area (Å²) >= 11 is 0. The first-order valence-corrected chi connectivity index (χ1v) is 15.2. The van der Waals surface area contributed by atoms with Crippen molar-refractivity contribution < 1.29 is 0 Å². The summed E-state index contributed by atoms with van der Waals surface area (Å²) in [7, 11) is 0. The molecule has 218 valence electrons. The highest BCUT2D eigenvalue weighted by molar-refractivity contribution is 5.90. The zero-order chi connectivity index (χ0) is 30.7. The molecule has 0 bridgehead atoms. The smallest absolute Gasteiger partial charge is 0.169 e.